The highest BCUT2D eigenvalue weighted by molar-refractivity contribution is 7.18. The summed E-state index contributed by atoms with van der Waals surface area (Å²) in [6.45, 7) is -1.39. The Bertz CT molecular complexity index is 508. The van der Waals surface area contributed by atoms with Gasteiger partial charge in [0, 0.05) is 12.5 Å². The Morgan fingerprint density at radius 2 is 2.05 bits per heavy atom. The van der Waals surface area contributed by atoms with Crippen LogP contribution in [0.2, 0.25) is 0 Å². The molecule has 0 aliphatic heterocycles. The molecule has 1 aromatic carbocycles. The number of hydrogen-bond acceptors (Lipinski definition) is 4. The molecule has 1 unspecified atom stereocenters. The van der Waals surface area contributed by atoms with Crippen LogP contribution in [0.1, 0.15) is 5.01 Å². The summed E-state index contributed by atoms with van der Waals surface area (Å²) in [4.78, 5) is 4.37. The summed E-state index contributed by atoms with van der Waals surface area (Å²) >= 11 is 1.50. The summed E-state index contributed by atoms with van der Waals surface area (Å²) < 4.78 is 41.3. The maximum absolute atomic E-state index is 11.9. The topological polar surface area (TPSA) is 48.1 Å². The van der Waals surface area contributed by atoms with Crippen LogP contribution in [0.15, 0.2) is 24.3 Å². The Balaban J connectivity index is 1.86. The van der Waals surface area contributed by atoms with Gasteiger partial charge in [-0.1, -0.05) is 12.1 Å². The second kappa shape index (κ2) is 5.85. The van der Waals surface area contributed by atoms with E-state index in [2.05, 4.69) is 9.72 Å². The van der Waals surface area contributed by atoms with Gasteiger partial charge in [-0.3, -0.25) is 0 Å². The number of alkyl halides is 3. The van der Waals surface area contributed by atoms with Gasteiger partial charge < -0.3 is 10.5 Å². The van der Waals surface area contributed by atoms with Gasteiger partial charge in [-0.25, -0.2) is 4.98 Å². The van der Waals surface area contributed by atoms with Crippen molar-refractivity contribution in [3.05, 3.63) is 29.3 Å². The summed E-state index contributed by atoms with van der Waals surface area (Å²) in [6.07, 6.45) is -3.90. The normalized spacial score (nSPS) is 13.9. The number of aromatic nitrogens is 1. The van der Waals surface area contributed by atoms with E-state index in [0.717, 1.165) is 15.2 Å². The van der Waals surface area contributed by atoms with E-state index in [0.29, 0.717) is 6.42 Å². The number of thiazole rings is 1. The summed E-state index contributed by atoms with van der Waals surface area (Å²) in [5, 5.41) is 0.810. The first-order valence-electron chi connectivity index (χ1n) is 5.68. The monoisotopic (exact) mass is 290 g/mol. The third-order valence-electron chi connectivity index (χ3n) is 2.37. The zero-order valence-corrected chi connectivity index (χ0v) is 10.8. The van der Waals surface area contributed by atoms with Gasteiger partial charge in [0.15, 0.2) is 0 Å². The summed E-state index contributed by atoms with van der Waals surface area (Å²) in [7, 11) is 0. The summed E-state index contributed by atoms with van der Waals surface area (Å²) in [5.74, 6) is 0. The lowest BCUT2D eigenvalue weighted by Gasteiger charge is -2.12. The predicted molar refractivity (Wildman–Crippen MR) is 68.2 cm³/mol. The zero-order valence-electron chi connectivity index (χ0n) is 9.98. The lowest BCUT2D eigenvalue weighted by Crippen LogP contribution is -2.31. The molecule has 7 heteroatoms. The van der Waals surface area contributed by atoms with Crippen molar-refractivity contribution in [1.82, 2.24) is 4.98 Å². The highest BCUT2D eigenvalue weighted by atomic mass is 32.1. The molecule has 0 aliphatic rings. The molecule has 0 saturated carbocycles. The average molecular weight is 290 g/mol. The van der Waals surface area contributed by atoms with E-state index in [9.17, 15) is 13.2 Å². The lowest BCUT2D eigenvalue weighted by molar-refractivity contribution is -0.174. The van der Waals surface area contributed by atoms with Crippen LogP contribution in [0, 0.1) is 0 Å². The molecule has 0 radical (unpaired) electrons. The van der Waals surface area contributed by atoms with Gasteiger partial charge in [-0.15, -0.1) is 11.3 Å². The summed E-state index contributed by atoms with van der Waals surface area (Å²) in [6, 6.07) is 7.15. The third-order valence-corrected chi connectivity index (χ3v) is 3.43. The van der Waals surface area contributed by atoms with Gasteiger partial charge in [0.2, 0.25) is 0 Å². The van der Waals surface area contributed by atoms with E-state index in [-0.39, 0.29) is 6.61 Å². The van der Waals surface area contributed by atoms with Crippen molar-refractivity contribution >= 4 is 21.6 Å². The molecule has 1 heterocycles. The number of nitrogens with zero attached hydrogens (tertiary/aromatic N) is 1. The molecule has 0 fully saturated rings. The molecular formula is C12H13F3N2OS. The molecule has 1 aromatic heterocycles. The molecular weight excluding hydrogens is 277 g/mol. The molecule has 0 spiro atoms. The molecule has 2 rings (SSSR count). The number of nitrogens with two attached hydrogens (primary N) is 1. The van der Waals surface area contributed by atoms with Gasteiger partial charge in [0.05, 0.1) is 21.8 Å². The van der Waals surface area contributed by atoms with E-state index >= 15 is 0 Å². The predicted octanol–water partition coefficient (Wildman–Crippen LogP) is 2.75. The van der Waals surface area contributed by atoms with Crippen molar-refractivity contribution in [3.63, 3.8) is 0 Å². The number of para-hydroxylation sites is 1. The Kier molecular flexibility index (Phi) is 4.38. The Hall–Kier alpha value is -1.18. The van der Waals surface area contributed by atoms with Crippen LogP contribution in [-0.4, -0.2) is 30.4 Å². The number of rotatable bonds is 5. The number of halogens is 3. The molecule has 0 saturated heterocycles. The molecule has 3 nitrogen and oxygen atoms in total. The van der Waals surface area contributed by atoms with Crippen molar-refractivity contribution in [2.45, 2.75) is 18.6 Å². The smallest absolute Gasteiger partial charge is 0.370 e. The van der Waals surface area contributed by atoms with E-state index in [1.165, 1.54) is 11.3 Å². The van der Waals surface area contributed by atoms with Gasteiger partial charge in [-0.05, 0) is 12.1 Å². The fourth-order valence-electron chi connectivity index (χ4n) is 1.62. The maximum atomic E-state index is 11.9. The van der Waals surface area contributed by atoms with E-state index < -0.39 is 18.8 Å². The molecule has 0 amide bonds. The minimum absolute atomic E-state index is 0.130. The standard InChI is InChI=1S/C12H13F3N2OS/c13-12(14,15)7-18-6-8(16)5-11-17-9-3-1-2-4-10(9)19-11/h1-4,8H,5-7,16H2. The fraction of sp³-hybridized carbons (Fsp3) is 0.417. The quantitative estimate of drug-likeness (QED) is 0.921. The maximum Gasteiger partial charge on any atom is 0.411 e. The SMILES string of the molecule is NC(COCC(F)(F)F)Cc1nc2ccccc2s1. The second-order valence-electron chi connectivity index (χ2n) is 4.17. The van der Waals surface area contributed by atoms with Crippen LogP contribution >= 0.6 is 11.3 Å². The van der Waals surface area contributed by atoms with Crippen molar-refractivity contribution in [1.29, 1.82) is 0 Å². The molecule has 0 aliphatic carbocycles. The fourth-order valence-corrected chi connectivity index (χ4v) is 2.68. The average Bonchev–Trinajstić information content (AvgIpc) is 2.68. The van der Waals surface area contributed by atoms with Crippen LogP contribution in [-0.2, 0) is 11.2 Å². The molecule has 2 N–H and O–H groups in total. The highest BCUT2D eigenvalue weighted by Gasteiger charge is 2.27. The van der Waals surface area contributed by atoms with E-state index in [1.54, 1.807) is 0 Å². The number of fused-ring (bicyclic) bond motifs is 1. The lowest BCUT2D eigenvalue weighted by atomic mass is 10.2. The molecule has 104 valence electrons. The van der Waals surface area contributed by atoms with Gasteiger partial charge in [-0.2, -0.15) is 13.2 Å². The molecule has 0 bridgehead atoms. The highest BCUT2D eigenvalue weighted by Crippen LogP contribution is 2.22. The van der Waals surface area contributed by atoms with Crippen molar-refractivity contribution in [3.8, 4) is 0 Å². The zero-order chi connectivity index (χ0) is 13.9. The number of hydrogen-bond donors (Lipinski definition) is 1. The molecule has 1 atom stereocenters. The largest absolute Gasteiger partial charge is 0.411 e. The van der Waals surface area contributed by atoms with E-state index in [4.69, 9.17) is 5.73 Å². The Morgan fingerprint density at radius 1 is 1.32 bits per heavy atom. The Labute approximate surface area is 112 Å². The first-order chi connectivity index (χ1) is 8.94. The number of benzene rings is 1. The first kappa shape index (κ1) is 14.2. The van der Waals surface area contributed by atoms with Crippen LogP contribution in [0.3, 0.4) is 0 Å². The first-order valence-corrected chi connectivity index (χ1v) is 6.50. The van der Waals surface area contributed by atoms with Crippen molar-refractivity contribution in [2.24, 2.45) is 5.73 Å². The second-order valence-corrected chi connectivity index (χ2v) is 5.29. The molecule has 2 aromatic rings. The van der Waals surface area contributed by atoms with Gasteiger partial charge >= 0.3 is 6.18 Å². The van der Waals surface area contributed by atoms with Crippen molar-refractivity contribution in [2.75, 3.05) is 13.2 Å². The van der Waals surface area contributed by atoms with Crippen LogP contribution in [0.5, 0.6) is 0 Å². The minimum atomic E-state index is -4.31. The molecule has 19 heavy (non-hydrogen) atoms. The Morgan fingerprint density at radius 3 is 2.74 bits per heavy atom. The van der Waals surface area contributed by atoms with Gasteiger partial charge in [0.1, 0.15) is 6.61 Å². The summed E-state index contributed by atoms with van der Waals surface area (Å²) in [5.41, 5.74) is 6.61. The van der Waals surface area contributed by atoms with Gasteiger partial charge in [0.25, 0.3) is 0 Å². The van der Waals surface area contributed by atoms with Crippen molar-refractivity contribution < 1.29 is 17.9 Å². The third kappa shape index (κ3) is 4.45. The number of ether oxygens (including phenoxy) is 1. The van der Waals surface area contributed by atoms with Crippen LogP contribution in [0.4, 0.5) is 13.2 Å². The van der Waals surface area contributed by atoms with Crippen LogP contribution < -0.4 is 5.73 Å². The minimum Gasteiger partial charge on any atom is -0.370 e. The van der Waals surface area contributed by atoms with Crippen LogP contribution in [0.25, 0.3) is 10.2 Å². The van der Waals surface area contributed by atoms with E-state index in [1.807, 2.05) is 24.3 Å².